The van der Waals surface area contributed by atoms with Gasteiger partial charge in [-0.25, -0.2) is 0 Å². The molecule has 27 heavy (non-hydrogen) atoms. The van der Waals surface area contributed by atoms with Crippen molar-refractivity contribution in [3.8, 4) is 0 Å². The molecule has 156 valence electrons. The summed E-state index contributed by atoms with van der Waals surface area (Å²) in [5, 5.41) is 36.7. The van der Waals surface area contributed by atoms with Crippen LogP contribution in [0.3, 0.4) is 0 Å². The van der Waals surface area contributed by atoms with Crippen LogP contribution in [0, 0.1) is 0 Å². The van der Waals surface area contributed by atoms with E-state index >= 15 is 0 Å². The van der Waals surface area contributed by atoms with Crippen LogP contribution >= 0.6 is 0 Å². The highest BCUT2D eigenvalue weighted by atomic mass is 16.7. The number of amides is 3. The minimum absolute atomic E-state index is 0.159. The second kappa shape index (κ2) is 10.5. The number of aliphatic hydroxyl groups excluding tert-OH is 3. The summed E-state index contributed by atoms with van der Waals surface area (Å²) >= 11 is 0. The maximum absolute atomic E-state index is 12.1. The summed E-state index contributed by atoms with van der Waals surface area (Å²) in [6.45, 7) is 3.12. The average Bonchev–Trinajstić information content (AvgIpc) is 2.58. The molecule has 0 spiro atoms. The first-order chi connectivity index (χ1) is 12.6. The minimum Gasteiger partial charge on any atom is -0.394 e. The van der Waals surface area contributed by atoms with Crippen LogP contribution in [0.2, 0.25) is 0 Å². The Bertz CT molecular complexity index is 534. The quantitative estimate of drug-likeness (QED) is 0.201. The maximum atomic E-state index is 12.1. The molecule has 3 amide bonds. The molecule has 8 N–H and O–H groups in total. The average molecular weight is 392 g/mol. The summed E-state index contributed by atoms with van der Waals surface area (Å²) in [5.41, 5.74) is 5.28. The number of nitrogens with two attached hydrogens (primary N) is 1. The highest BCUT2D eigenvalue weighted by Gasteiger charge is 2.46. The molecule has 0 aliphatic carbocycles. The third-order valence-electron chi connectivity index (χ3n) is 3.99. The second-order valence-electron chi connectivity index (χ2n) is 6.20. The molecule has 7 atom stereocenters. The second-order valence-corrected chi connectivity index (χ2v) is 6.20. The monoisotopic (exact) mass is 392 g/mol. The number of nitrogens with one attached hydrogen (secondary N) is 3. The fraction of sp³-hybridized carbons (Fsp3) is 0.800. The number of aliphatic hydroxyl groups is 3. The number of carbonyl (C=O) groups excluding carboxylic acids is 3. The topological polar surface area (TPSA) is 192 Å². The highest BCUT2D eigenvalue weighted by molar-refractivity contribution is 5.87. The Morgan fingerprint density at radius 2 is 1.81 bits per heavy atom. The van der Waals surface area contributed by atoms with Crippen LogP contribution in [-0.4, -0.2) is 89.1 Å². The van der Waals surface area contributed by atoms with E-state index in [-0.39, 0.29) is 6.67 Å². The smallest absolute Gasteiger partial charge is 0.246 e. The zero-order chi connectivity index (χ0) is 20.7. The minimum atomic E-state index is -1.49. The normalized spacial score (nSPS) is 30.1. The van der Waals surface area contributed by atoms with Gasteiger partial charge in [0, 0.05) is 13.8 Å². The van der Waals surface area contributed by atoms with Crippen molar-refractivity contribution in [3.63, 3.8) is 0 Å². The first-order valence-electron chi connectivity index (χ1n) is 8.42. The fourth-order valence-corrected chi connectivity index (χ4v) is 2.70. The first-order valence-corrected chi connectivity index (χ1v) is 8.42. The molecule has 1 heterocycles. The predicted molar refractivity (Wildman–Crippen MR) is 90.7 cm³/mol. The summed E-state index contributed by atoms with van der Waals surface area (Å²) in [6, 6.07) is -2.30. The van der Waals surface area contributed by atoms with Gasteiger partial charge in [0.05, 0.1) is 19.4 Å². The Balaban J connectivity index is 3.00. The van der Waals surface area contributed by atoms with Crippen LogP contribution in [0.5, 0.6) is 0 Å². The molecule has 0 bridgehead atoms. The van der Waals surface area contributed by atoms with Crippen molar-refractivity contribution in [2.45, 2.75) is 63.6 Å². The molecule has 0 saturated carbocycles. The lowest BCUT2D eigenvalue weighted by Crippen LogP contribution is -2.66. The van der Waals surface area contributed by atoms with Crippen molar-refractivity contribution < 1.29 is 39.2 Å². The summed E-state index contributed by atoms with van der Waals surface area (Å²) < 4.78 is 11.1. The van der Waals surface area contributed by atoms with Gasteiger partial charge in [0.25, 0.3) is 0 Å². The third kappa shape index (κ3) is 6.37. The van der Waals surface area contributed by atoms with Gasteiger partial charge < -0.3 is 46.5 Å². The number of hydrogen-bond donors (Lipinski definition) is 7. The highest BCUT2D eigenvalue weighted by Crippen LogP contribution is 2.23. The fourth-order valence-electron chi connectivity index (χ4n) is 2.70. The van der Waals surface area contributed by atoms with Crippen molar-refractivity contribution in [1.29, 1.82) is 0 Å². The van der Waals surface area contributed by atoms with Gasteiger partial charge in [0.15, 0.2) is 6.29 Å². The van der Waals surface area contributed by atoms with E-state index in [0.29, 0.717) is 0 Å². The molecule has 1 saturated heterocycles. The zero-order valence-corrected chi connectivity index (χ0v) is 15.4. The Hall–Kier alpha value is -1.83. The van der Waals surface area contributed by atoms with Crippen LogP contribution in [0.15, 0.2) is 0 Å². The van der Waals surface area contributed by atoms with Crippen LogP contribution in [0.4, 0.5) is 0 Å². The van der Waals surface area contributed by atoms with Crippen molar-refractivity contribution in [1.82, 2.24) is 16.0 Å². The Kier molecular flexibility index (Phi) is 9.02. The maximum Gasteiger partial charge on any atom is 0.246 e. The van der Waals surface area contributed by atoms with E-state index in [1.54, 1.807) is 0 Å². The predicted octanol–water partition coefficient (Wildman–Crippen LogP) is -4.13. The van der Waals surface area contributed by atoms with E-state index < -0.39 is 67.1 Å². The van der Waals surface area contributed by atoms with Gasteiger partial charge >= 0.3 is 0 Å². The molecule has 4 unspecified atom stereocenters. The molecule has 0 aromatic heterocycles. The molecule has 1 aliphatic rings. The van der Waals surface area contributed by atoms with E-state index in [0.717, 1.165) is 0 Å². The Morgan fingerprint density at radius 3 is 2.30 bits per heavy atom. The SMILES string of the molecule is CC(=O)NC1C(O)C(O)[C@@H](CO)O[C@H]1O[C@H](C)C(NC(C)=O)C(=O)NCN. The molecule has 1 rings (SSSR count). The third-order valence-corrected chi connectivity index (χ3v) is 3.99. The number of rotatable bonds is 8. The summed E-state index contributed by atoms with van der Waals surface area (Å²) in [6.07, 6.45) is -6.40. The molecule has 0 aromatic rings. The van der Waals surface area contributed by atoms with Gasteiger partial charge in [0.1, 0.15) is 30.4 Å². The van der Waals surface area contributed by atoms with Crippen LogP contribution in [-0.2, 0) is 23.9 Å². The molecule has 12 nitrogen and oxygen atoms in total. The summed E-state index contributed by atoms with van der Waals surface area (Å²) in [4.78, 5) is 34.9. The number of carbonyl (C=O) groups is 3. The van der Waals surface area contributed by atoms with E-state index in [4.69, 9.17) is 15.2 Å². The number of ether oxygens (including phenoxy) is 2. The molecular weight excluding hydrogens is 364 g/mol. The lowest BCUT2D eigenvalue weighted by molar-refractivity contribution is -0.281. The molecule has 0 aromatic carbocycles. The van der Waals surface area contributed by atoms with Gasteiger partial charge in [-0.1, -0.05) is 0 Å². The zero-order valence-electron chi connectivity index (χ0n) is 15.4. The van der Waals surface area contributed by atoms with Crippen molar-refractivity contribution in [2.24, 2.45) is 5.73 Å². The van der Waals surface area contributed by atoms with E-state index in [1.165, 1.54) is 20.8 Å². The first kappa shape index (κ1) is 23.2. The Morgan fingerprint density at radius 1 is 1.19 bits per heavy atom. The van der Waals surface area contributed by atoms with Gasteiger partial charge in [-0.2, -0.15) is 0 Å². The van der Waals surface area contributed by atoms with Crippen molar-refractivity contribution in [3.05, 3.63) is 0 Å². The van der Waals surface area contributed by atoms with Gasteiger partial charge in [-0.15, -0.1) is 0 Å². The van der Waals surface area contributed by atoms with Crippen LogP contribution < -0.4 is 21.7 Å². The molecule has 1 fully saturated rings. The van der Waals surface area contributed by atoms with Crippen LogP contribution in [0.25, 0.3) is 0 Å². The number of hydrogen-bond acceptors (Lipinski definition) is 9. The molecular formula is C15H28N4O8. The van der Waals surface area contributed by atoms with E-state index in [9.17, 15) is 29.7 Å². The van der Waals surface area contributed by atoms with Crippen molar-refractivity contribution in [2.75, 3.05) is 13.3 Å². The largest absolute Gasteiger partial charge is 0.394 e. The molecule has 0 radical (unpaired) electrons. The van der Waals surface area contributed by atoms with Crippen molar-refractivity contribution >= 4 is 17.7 Å². The molecule has 12 heteroatoms. The van der Waals surface area contributed by atoms with Crippen LogP contribution in [0.1, 0.15) is 20.8 Å². The molecule has 1 aliphatic heterocycles. The Labute approximate surface area is 156 Å². The lowest BCUT2D eigenvalue weighted by Gasteiger charge is -2.43. The summed E-state index contributed by atoms with van der Waals surface area (Å²) in [5.74, 6) is -1.61. The van der Waals surface area contributed by atoms with E-state index in [2.05, 4.69) is 16.0 Å². The van der Waals surface area contributed by atoms with E-state index in [1.807, 2.05) is 0 Å². The lowest BCUT2D eigenvalue weighted by atomic mass is 9.96. The van der Waals surface area contributed by atoms with Gasteiger partial charge in [-0.3, -0.25) is 14.4 Å². The standard InChI is InChI=1S/C15H28N4O8/c1-6(10(18-7(2)21)14(25)17-5-16)26-15-11(19-8(3)22)13(24)12(23)9(4-20)27-15/h6,9-13,15,20,23-24H,4-5,16H2,1-3H3,(H,17,25)(H,18,21)(H,19,22)/t6-,9-,10?,11?,12?,13?,15-/m1/s1. The summed E-state index contributed by atoms with van der Waals surface area (Å²) in [7, 11) is 0. The van der Waals surface area contributed by atoms with Gasteiger partial charge in [0.2, 0.25) is 17.7 Å². The van der Waals surface area contributed by atoms with Gasteiger partial charge in [-0.05, 0) is 6.92 Å².